The van der Waals surface area contributed by atoms with Gasteiger partial charge in [-0.1, -0.05) is 19.4 Å². The van der Waals surface area contributed by atoms with Crippen molar-refractivity contribution in [2.24, 2.45) is 0 Å². The minimum absolute atomic E-state index is 0. The molecule has 0 saturated carbocycles. The predicted molar refractivity (Wildman–Crippen MR) is 89.4 cm³/mol. The monoisotopic (exact) mass is 341 g/mol. The van der Waals surface area contributed by atoms with Crippen LogP contribution in [0.15, 0.2) is 47.6 Å². The number of hydrogen-bond donors (Lipinski definition) is 2. The van der Waals surface area contributed by atoms with Gasteiger partial charge in [-0.15, -0.1) is 0 Å². The Labute approximate surface area is 136 Å². The fraction of sp³-hybridized carbons (Fsp3) is 0.286. The van der Waals surface area contributed by atoms with Crippen molar-refractivity contribution in [1.82, 2.24) is 9.97 Å². The SMILES string of the molecule is CCCC[NH3+].Nc1ccc(S(=O)(=O)[N-]c2ncccn2)cc1.O. The van der Waals surface area contributed by atoms with E-state index in [-0.39, 0.29) is 16.3 Å². The second-order valence-electron chi connectivity index (χ2n) is 4.39. The summed E-state index contributed by atoms with van der Waals surface area (Å²) in [5.74, 6) is -0.0932. The molecule has 1 heterocycles. The lowest BCUT2D eigenvalue weighted by molar-refractivity contribution is -0.368. The van der Waals surface area contributed by atoms with Crippen molar-refractivity contribution in [1.29, 1.82) is 0 Å². The van der Waals surface area contributed by atoms with Crippen molar-refractivity contribution in [2.75, 3.05) is 12.3 Å². The molecule has 2 rings (SSSR count). The van der Waals surface area contributed by atoms with Crippen LogP contribution in [0.1, 0.15) is 19.8 Å². The van der Waals surface area contributed by atoms with Gasteiger partial charge in [0, 0.05) is 11.6 Å². The van der Waals surface area contributed by atoms with Gasteiger partial charge in [0.25, 0.3) is 0 Å². The van der Waals surface area contributed by atoms with Gasteiger partial charge in [-0.25, -0.2) is 8.42 Å². The van der Waals surface area contributed by atoms with Crippen LogP contribution in [0.3, 0.4) is 0 Å². The van der Waals surface area contributed by atoms with Gasteiger partial charge in [0.15, 0.2) is 0 Å². The number of rotatable bonds is 5. The van der Waals surface area contributed by atoms with Gasteiger partial charge in [0.1, 0.15) is 0 Å². The van der Waals surface area contributed by atoms with Crippen LogP contribution in [0.2, 0.25) is 0 Å². The quantitative estimate of drug-likeness (QED) is 0.763. The smallest absolute Gasteiger partial charge is 0.229 e. The highest BCUT2D eigenvalue weighted by Crippen LogP contribution is 2.23. The van der Waals surface area contributed by atoms with Crippen LogP contribution in [0, 0.1) is 0 Å². The molecule has 0 aliphatic heterocycles. The van der Waals surface area contributed by atoms with E-state index in [1.54, 1.807) is 6.07 Å². The third-order valence-corrected chi connectivity index (χ3v) is 3.81. The van der Waals surface area contributed by atoms with Gasteiger partial charge in [-0.3, -0.25) is 4.72 Å². The summed E-state index contributed by atoms with van der Waals surface area (Å²) in [7, 11) is -3.79. The standard InChI is InChI=1S/C10H9N4O2S.C4H11N.H2O/c11-8-2-4-9(5-3-8)17(15,16)14-10-12-6-1-7-13-10;1-2-3-4-5;/h1-7H,11H2;2-5H2,1H3;1H2/q-1;;/p+1. The van der Waals surface area contributed by atoms with Crippen molar-refractivity contribution in [3.63, 3.8) is 0 Å². The second-order valence-corrected chi connectivity index (χ2v) is 6.00. The molecule has 0 aliphatic carbocycles. The Kier molecular flexibility index (Phi) is 9.47. The van der Waals surface area contributed by atoms with E-state index < -0.39 is 10.0 Å². The summed E-state index contributed by atoms with van der Waals surface area (Å²) in [4.78, 5) is 7.51. The summed E-state index contributed by atoms with van der Waals surface area (Å²) >= 11 is 0. The maximum absolute atomic E-state index is 11.8. The summed E-state index contributed by atoms with van der Waals surface area (Å²) < 4.78 is 27.2. The van der Waals surface area contributed by atoms with Gasteiger partial charge >= 0.3 is 0 Å². The normalized spacial score (nSPS) is 10.0. The first-order chi connectivity index (χ1) is 10.5. The van der Waals surface area contributed by atoms with Crippen molar-refractivity contribution >= 4 is 21.7 Å². The predicted octanol–water partition coefficient (Wildman–Crippen LogP) is 0.657. The van der Waals surface area contributed by atoms with E-state index in [0.717, 1.165) is 6.54 Å². The molecule has 1 aromatic heterocycles. The zero-order valence-electron chi connectivity index (χ0n) is 13.0. The highest BCUT2D eigenvalue weighted by Gasteiger charge is 2.10. The number of nitrogens with two attached hydrogens (primary N) is 1. The molecule has 128 valence electrons. The van der Waals surface area contributed by atoms with Crippen LogP contribution < -0.4 is 11.5 Å². The van der Waals surface area contributed by atoms with Crippen molar-refractivity contribution in [2.45, 2.75) is 24.7 Å². The lowest BCUT2D eigenvalue weighted by Crippen LogP contribution is -2.49. The number of sulfonamides is 1. The Bertz CT molecular complexity index is 646. The third kappa shape index (κ3) is 7.54. The minimum atomic E-state index is -3.79. The molecule has 0 atom stereocenters. The Hall–Kier alpha value is -2.23. The molecule has 2 aromatic rings. The highest BCUT2D eigenvalue weighted by atomic mass is 32.2. The largest absolute Gasteiger partial charge is 0.412 e. The van der Waals surface area contributed by atoms with Gasteiger partial charge in [0.05, 0.1) is 11.4 Å². The van der Waals surface area contributed by atoms with Crippen LogP contribution in [0.5, 0.6) is 0 Å². The summed E-state index contributed by atoms with van der Waals surface area (Å²) in [6.45, 7) is 3.27. The molecule has 0 fully saturated rings. The van der Waals surface area contributed by atoms with E-state index in [9.17, 15) is 8.42 Å². The Balaban J connectivity index is 0.000000709. The molecule has 7 N–H and O–H groups in total. The first-order valence-corrected chi connectivity index (χ1v) is 8.33. The Morgan fingerprint density at radius 2 is 1.74 bits per heavy atom. The number of benzene rings is 1. The van der Waals surface area contributed by atoms with Gasteiger partial charge in [-0.2, -0.15) is 0 Å². The van der Waals surface area contributed by atoms with Crippen LogP contribution in [-0.2, 0) is 10.0 Å². The number of aromatic nitrogens is 2. The highest BCUT2D eigenvalue weighted by molar-refractivity contribution is 7.94. The lowest BCUT2D eigenvalue weighted by atomic mass is 10.3. The first kappa shape index (κ1) is 20.8. The number of unbranched alkanes of at least 4 members (excludes halogenated alkanes) is 1. The number of hydrogen-bond acceptors (Lipinski definition) is 5. The molecule has 0 bridgehead atoms. The van der Waals surface area contributed by atoms with Crippen LogP contribution in [-0.4, -0.2) is 30.4 Å². The molecular weight excluding hydrogens is 318 g/mol. The Morgan fingerprint density at radius 3 is 2.17 bits per heavy atom. The maximum atomic E-state index is 11.8. The summed E-state index contributed by atoms with van der Waals surface area (Å²) in [5.41, 5.74) is 9.63. The van der Waals surface area contributed by atoms with Gasteiger partial charge in [-0.05, 0) is 43.1 Å². The molecule has 8 nitrogen and oxygen atoms in total. The van der Waals surface area contributed by atoms with E-state index in [1.807, 2.05) is 0 Å². The topological polar surface area (TPSA) is 159 Å². The van der Waals surface area contributed by atoms with Crippen molar-refractivity contribution < 1.29 is 19.6 Å². The average molecular weight is 341 g/mol. The van der Waals surface area contributed by atoms with Gasteiger partial charge < -0.3 is 26.9 Å². The van der Waals surface area contributed by atoms with E-state index in [0.29, 0.717) is 5.69 Å². The second kappa shape index (κ2) is 10.5. The van der Waals surface area contributed by atoms with E-state index in [2.05, 4.69) is 27.3 Å². The molecule has 1 aromatic carbocycles. The van der Waals surface area contributed by atoms with Crippen LogP contribution >= 0.6 is 0 Å². The zero-order chi connectivity index (χ0) is 16.4. The molecule has 0 amide bonds. The lowest BCUT2D eigenvalue weighted by Gasteiger charge is -2.11. The number of anilines is 1. The summed E-state index contributed by atoms with van der Waals surface area (Å²) in [6, 6.07) is 7.34. The van der Waals surface area contributed by atoms with E-state index in [4.69, 9.17) is 5.73 Å². The molecule has 0 aliphatic rings. The van der Waals surface area contributed by atoms with E-state index >= 15 is 0 Å². The average Bonchev–Trinajstić information content (AvgIpc) is 2.50. The third-order valence-electron chi connectivity index (χ3n) is 2.54. The molecular formula is C14H23N5O3S. The minimum Gasteiger partial charge on any atom is -0.412 e. The summed E-state index contributed by atoms with van der Waals surface area (Å²) in [5, 5.41) is 0. The summed E-state index contributed by atoms with van der Waals surface area (Å²) in [6.07, 6.45) is 5.40. The molecule has 0 saturated heterocycles. The molecule has 0 spiro atoms. The van der Waals surface area contributed by atoms with Crippen molar-refractivity contribution in [3.05, 3.63) is 47.4 Å². The molecule has 0 unspecified atom stereocenters. The molecule has 9 heteroatoms. The number of nitrogen functional groups attached to an aromatic ring is 1. The fourth-order valence-electron chi connectivity index (χ4n) is 1.39. The zero-order valence-corrected chi connectivity index (χ0v) is 13.8. The Morgan fingerprint density at radius 1 is 1.17 bits per heavy atom. The van der Waals surface area contributed by atoms with Gasteiger partial charge in [0.2, 0.25) is 10.0 Å². The number of nitrogens with zero attached hydrogens (tertiary/aromatic N) is 3. The fourth-order valence-corrected chi connectivity index (χ4v) is 2.28. The molecule has 0 radical (unpaired) electrons. The number of quaternary nitrogens is 1. The van der Waals surface area contributed by atoms with Crippen LogP contribution in [0.25, 0.3) is 4.72 Å². The van der Waals surface area contributed by atoms with E-state index in [1.165, 1.54) is 49.5 Å². The van der Waals surface area contributed by atoms with Crippen LogP contribution in [0.4, 0.5) is 11.6 Å². The first-order valence-electron chi connectivity index (χ1n) is 6.89. The molecule has 23 heavy (non-hydrogen) atoms. The van der Waals surface area contributed by atoms with Crippen molar-refractivity contribution in [3.8, 4) is 0 Å². The maximum Gasteiger partial charge on any atom is 0.229 e.